The van der Waals surface area contributed by atoms with Gasteiger partial charge in [-0.3, -0.25) is 4.98 Å². The fraction of sp³-hybridized carbons (Fsp3) is 0.562. The van der Waals surface area contributed by atoms with Crippen molar-refractivity contribution >= 4 is 22.9 Å². The van der Waals surface area contributed by atoms with Gasteiger partial charge in [0.05, 0.1) is 5.69 Å². The Balaban J connectivity index is 1.44. The standard InChI is InChI=1S/C16H22N6O2/c1-16(2)9-22(10-16)15(24)21-7-5-20(6-8-21)11-3-4-17-13-12(11)18-14(23)19-13/h3-4H,5-10H2,1-2H3,(H2,17,18,19,23). The zero-order valence-corrected chi connectivity index (χ0v) is 14.0. The average molecular weight is 330 g/mol. The van der Waals surface area contributed by atoms with Gasteiger partial charge in [-0.15, -0.1) is 0 Å². The SMILES string of the molecule is CC1(C)CN(C(=O)N2CCN(c3ccnc4[nH]c(=O)[nH]c34)CC2)C1. The topological polar surface area (TPSA) is 88.3 Å². The van der Waals surface area contributed by atoms with Crippen LogP contribution in [0, 0.1) is 5.41 Å². The number of likely N-dealkylation sites (tertiary alicyclic amines) is 1. The lowest BCUT2D eigenvalue weighted by atomic mass is 9.85. The quantitative estimate of drug-likeness (QED) is 0.811. The maximum absolute atomic E-state index is 12.5. The molecule has 0 bridgehead atoms. The molecule has 8 nitrogen and oxygen atoms in total. The maximum Gasteiger partial charge on any atom is 0.325 e. The number of aromatic amines is 2. The second-order valence-electron chi connectivity index (χ2n) is 7.41. The van der Waals surface area contributed by atoms with Crippen molar-refractivity contribution < 1.29 is 4.79 Å². The smallest absolute Gasteiger partial charge is 0.325 e. The number of hydrogen-bond acceptors (Lipinski definition) is 4. The summed E-state index contributed by atoms with van der Waals surface area (Å²) >= 11 is 0. The first kappa shape index (κ1) is 15.0. The number of carbonyl (C=O) groups is 1. The normalized spacial score (nSPS) is 20.3. The number of carbonyl (C=O) groups excluding carboxylic acids is 1. The number of nitrogens with zero attached hydrogens (tertiary/aromatic N) is 4. The van der Waals surface area contributed by atoms with Crippen molar-refractivity contribution in [2.45, 2.75) is 13.8 Å². The van der Waals surface area contributed by atoms with E-state index in [9.17, 15) is 9.59 Å². The molecule has 2 aromatic rings. The molecule has 0 spiro atoms. The van der Waals surface area contributed by atoms with Crippen molar-refractivity contribution in [2.24, 2.45) is 5.41 Å². The van der Waals surface area contributed by atoms with Crippen LogP contribution in [0.5, 0.6) is 0 Å². The Morgan fingerprint density at radius 1 is 1.12 bits per heavy atom. The molecule has 0 saturated carbocycles. The highest BCUT2D eigenvalue weighted by molar-refractivity contribution is 5.85. The molecule has 2 aliphatic rings. The van der Waals surface area contributed by atoms with Crippen molar-refractivity contribution in [3.63, 3.8) is 0 Å². The second-order valence-corrected chi connectivity index (χ2v) is 7.41. The summed E-state index contributed by atoms with van der Waals surface area (Å²) in [5.74, 6) is 0. The van der Waals surface area contributed by atoms with Crippen LogP contribution in [0.1, 0.15) is 13.8 Å². The summed E-state index contributed by atoms with van der Waals surface area (Å²) in [6, 6.07) is 2.05. The lowest BCUT2D eigenvalue weighted by molar-refractivity contribution is 0.0416. The van der Waals surface area contributed by atoms with Gasteiger partial charge in [-0.2, -0.15) is 0 Å². The van der Waals surface area contributed by atoms with Gasteiger partial charge in [0.2, 0.25) is 0 Å². The summed E-state index contributed by atoms with van der Waals surface area (Å²) in [7, 11) is 0. The zero-order valence-electron chi connectivity index (χ0n) is 14.0. The fourth-order valence-electron chi connectivity index (χ4n) is 3.65. The van der Waals surface area contributed by atoms with E-state index in [1.807, 2.05) is 15.9 Å². The largest absolute Gasteiger partial charge is 0.366 e. The van der Waals surface area contributed by atoms with Crippen molar-refractivity contribution in [1.82, 2.24) is 24.8 Å². The van der Waals surface area contributed by atoms with E-state index in [4.69, 9.17) is 0 Å². The van der Waals surface area contributed by atoms with E-state index in [1.54, 1.807) is 6.20 Å². The third-order valence-electron chi connectivity index (χ3n) is 4.80. The predicted octanol–water partition coefficient (Wildman–Crippen LogP) is 0.835. The van der Waals surface area contributed by atoms with Crippen LogP contribution in [0.3, 0.4) is 0 Å². The van der Waals surface area contributed by atoms with Crippen LogP contribution in [0.2, 0.25) is 0 Å². The molecule has 2 N–H and O–H groups in total. The van der Waals surface area contributed by atoms with E-state index in [1.165, 1.54) is 0 Å². The molecule has 2 aliphatic heterocycles. The molecule has 8 heteroatoms. The molecule has 2 saturated heterocycles. The first-order chi connectivity index (χ1) is 11.4. The molecule has 0 unspecified atom stereocenters. The summed E-state index contributed by atoms with van der Waals surface area (Å²) in [4.78, 5) is 39.7. The number of urea groups is 1. The van der Waals surface area contributed by atoms with Crippen molar-refractivity contribution in [3.05, 3.63) is 22.7 Å². The molecule has 0 radical (unpaired) electrons. The minimum Gasteiger partial charge on any atom is -0.366 e. The highest BCUT2D eigenvalue weighted by atomic mass is 16.2. The number of hydrogen-bond donors (Lipinski definition) is 2. The van der Waals surface area contributed by atoms with E-state index in [0.29, 0.717) is 18.7 Å². The number of imidazole rings is 1. The number of aromatic nitrogens is 3. The van der Waals surface area contributed by atoms with E-state index in [2.05, 4.69) is 33.7 Å². The molecule has 0 aromatic carbocycles. The van der Waals surface area contributed by atoms with Crippen LogP contribution in [0.15, 0.2) is 17.1 Å². The Labute approximate surface area is 139 Å². The van der Waals surface area contributed by atoms with Crippen LogP contribution in [-0.4, -0.2) is 70.1 Å². The van der Waals surface area contributed by atoms with Crippen molar-refractivity contribution in [3.8, 4) is 0 Å². The van der Waals surface area contributed by atoms with E-state index in [0.717, 1.165) is 37.4 Å². The molecule has 2 aromatic heterocycles. The maximum atomic E-state index is 12.5. The lowest BCUT2D eigenvalue weighted by Gasteiger charge is -2.48. The van der Waals surface area contributed by atoms with Gasteiger partial charge >= 0.3 is 11.7 Å². The highest BCUT2D eigenvalue weighted by Gasteiger charge is 2.39. The van der Waals surface area contributed by atoms with Crippen LogP contribution >= 0.6 is 0 Å². The third-order valence-corrected chi connectivity index (χ3v) is 4.80. The molecular weight excluding hydrogens is 308 g/mol. The van der Waals surface area contributed by atoms with Crippen LogP contribution in [0.25, 0.3) is 11.2 Å². The highest BCUT2D eigenvalue weighted by Crippen LogP contribution is 2.30. The molecule has 0 aliphatic carbocycles. The lowest BCUT2D eigenvalue weighted by Crippen LogP contribution is -2.61. The number of rotatable bonds is 1. The minimum absolute atomic E-state index is 0.143. The van der Waals surface area contributed by atoms with Crippen molar-refractivity contribution in [1.29, 1.82) is 0 Å². The van der Waals surface area contributed by atoms with Crippen LogP contribution in [-0.2, 0) is 0 Å². The van der Waals surface area contributed by atoms with E-state index >= 15 is 0 Å². The number of amides is 2. The van der Waals surface area contributed by atoms with Gasteiger partial charge in [0.25, 0.3) is 0 Å². The van der Waals surface area contributed by atoms with Gasteiger partial charge in [0.1, 0.15) is 5.52 Å². The van der Waals surface area contributed by atoms with Gasteiger partial charge in [0, 0.05) is 50.9 Å². The Morgan fingerprint density at radius 2 is 1.83 bits per heavy atom. The Bertz CT molecular complexity index is 822. The summed E-state index contributed by atoms with van der Waals surface area (Å²) < 4.78 is 0. The number of anilines is 1. The van der Waals surface area contributed by atoms with Gasteiger partial charge < -0.3 is 19.7 Å². The Kier molecular flexibility index (Phi) is 3.29. The van der Waals surface area contributed by atoms with E-state index < -0.39 is 0 Å². The van der Waals surface area contributed by atoms with Gasteiger partial charge in [-0.25, -0.2) is 14.6 Å². The average Bonchev–Trinajstić information content (AvgIpc) is 2.92. The number of piperazine rings is 1. The molecule has 0 atom stereocenters. The Hall–Kier alpha value is -2.51. The molecule has 128 valence electrons. The number of fused-ring (bicyclic) bond motifs is 1. The second kappa shape index (κ2) is 5.25. The minimum atomic E-state index is -0.251. The number of H-pyrrole nitrogens is 2. The molecule has 24 heavy (non-hydrogen) atoms. The molecular formula is C16H22N6O2. The summed E-state index contributed by atoms with van der Waals surface area (Å²) in [5.41, 5.74) is 2.25. The zero-order chi connectivity index (χ0) is 16.9. The van der Waals surface area contributed by atoms with E-state index in [-0.39, 0.29) is 17.1 Å². The van der Waals surface area contributed by atoms with Gasteiger partial charge in [-0.1, -0.05) is 13.8 Å². The molecule has 4 heterocycles. The molecule has 2 amide bonds. The molecule has 2 fully saturated rings. The Morgan fingerprint density at radius 3 is 2.50 bits per heavy atom. The van der Waals surface area contributed by atoms with Crippen LogP contribution < -0.4 is 10.6 Å². The summed E-state index contributed by atoms with van der Waals surface area (Å²) in [5, 5.41) is 0. The monoisotopic (exact) mass is 330 g/mol. The van der Waals surface area contributed by atoms with Crippen molar-refractivity contribution in [2.75, 3.05) is 44.2 Å². The third kappa shape index (κ3) is 2.51. The van der Waals surface area contributed by atoms with Crippen LogP contribution in [0.4, 0.5) is 10.5 Å². The first-order valence-corrected chi connectivity index (χ1v) is 8.29. The fourth-order valence-corrected chi connectivity index (χ4v) is 3.65. The van der Waals surface area contributed by atoms with Gasteiger partial charge in [-0.05, 0) is 6.07 Å². The number of nitrogens with one attached hydrogen (secondary N) is 2. The first-order valence-electron chi connectivity index (χ1n) is 8.29. The molecule has 4 rings (SSSR count). The van der Waals surface area contributed by atoms with Gasteiger partial charge in [0.15, 0.2) is 5.65 Å². The summed E-state index contributed by atoms with van der Waals surface area (Å²) in [6.07, 6.45) is 1.70. The number of pyridine rings is 1. The predicted molar refractivity (Wildman–Crippen MR) is 91.3 cm³/mol. The summed E-state index contributed by atoms with van der Waals surface area (Å²) in [6.45, 7) is 8.90.